The molecule has 2 aliphatic rings. The summed E-state index contributed by atoms with van der Waals surface area (Å²) in [6.45, 7) is 2.81. The van der Waals surface area contributed by atoms with Crippen molar-refractivity contribution in [1.82, 2.24) is 10.6 Å². The molecule has 1 aromatic carbocycles. The van der Waals surface area contributed by atoms with E-state index in [-0.39, 0.29) is 35.5 Å². The standard InChI is InChI=1S/C20H28N2O3/c1-12-9-16-15-7-6-14(25-3)10-13(15)5-4-8-22-18(23)11-17(16)19(12)20(24)21-2/h6-7,10,12,16-17,19H,4-5,8-9,11H2,1-3H3,(H,21,24)(H,22,23)/t12-,16+,17+,19+/m0/s1. The van der Waals surface area contributed by atoms with E-state index in [4.69, 9.17) is 4.74 Å². The highest BCUT2D eigenvalue weighted by Crippen LogP contribution is 2.50. The Balaban J connectivity index is 2.03. The van der Waals surface area contributed by atoms with Crippen molar-refractivity contribution in [1.29, 1.82) is 0 Å². The molecule has 1 saturated carbocycles. The molecule has 0 spiro atoms. The Labute approximate surface area is 149 Å². The number of hydrogen-bond acceptors (Lipinski definition) is 3. The molecule has 25 heavy (non-hydrogen) atoms. The van der Waals surface area contributed by atoms with Gasteiger partial charge in [-0.3, -0.25) is 9.59 Å². The first-order valence-corrected chi connectivity index (χ1v) is 9.20. The number of aryl methyl sites for hydroxylation is 1. The van der Waals surface area contributed by atoms with Gasteiger partial charge in [-0.15, -0.1) is 0 Å². The van der Waals surface area contributed by atoms with Crippen LogP contribution in [0.2, 0.25) is 0 Å². The average molecular weight is 344 g/mol. The number of ether oxygens (including phenoxy) is 1. The van der Waals surface area contributed by atoms with Crippen molar-refractivity contribution >= 4 is 11.8 Å². The topological polar surface area (TPSA) is 67.4 Å². The van der Waals surface area contributed by atoms with Crippen LogP contribution in [0.25, 0.3) is 0 Å². The van der Waals surface area contributed by atoms with Crippen LogP contribution < -0.4 is 15.4 Å². The number of methoxy groups -OCH3 is 1. The maximum Gasteiger partial charge on any atom is 0.223 e. The SMILES string of the molecule is CNC(=O)[C@H]1[C@@H]2CC(=O)NCCCc3cc(OC)ccc3[C@H]2C[C@@H]1C. The largest absolute Gasteiger partial charge is 0.497 e. The van der Waals surface area contributed by atoms with E-state index in [1.165, 1.54) is 11.1 Å². The summed E-state index contributed by atoms with van der Waals surface area (Å²) in [6.07, 6.45) is 3.18. The molecule has 0 aromatic heterocycles. The molecule has 136 valence electrons. The quantitative estimate of drug-likeness (QED) is 0.865. The zero-order valence-corrected chi connectivity index (χ0v) is 15.3. The van der Waals surface area contributed by atoms with E-state index < -0.39 is 0 Å². The lowest BCUT2D eigenvalue weighted by atomic mass is 9.79. The summed E-state index contributed by atoms with van der Waals surface area (Å²) in [5, 5.41) is 5.82. The Morgan fingerprint density at radius 2 is 2.16 bits per heavy atom. The molecule has 0 unspecified atom stereocenters. The van der Waals surface area contributed by atoms with Gasteiger partial charge in [0.25, 0.3) is 0 Å². The Kier molecular flexibility index (Phi) is 5.30. The Morgan fingerprint density at radius 1 is 1.36 bits per heavy atom. The predicted octanol–water partition coefficient (Wildman–Crippen LogP) is 2.25. The van der Waals surface area contributed by atoms with Crippen LogP contribution >= 0.6 is 0 Å². The van der Waals surface area contributed by atoms with Crippen LogP contribution in [0.4, 0.5) is 0 Å². The second-order valence-corrected chi connectivity index (χ2v) is 7.35. The molecule has 1 aromatic rings. The number of carbonyl (C=O) groups is 2. The van der Waals surface area contributed by atoms with Gasteiger partial charge >= 0.3 is 0 Å². The molecule has 5 heteroatoms. The number of fused-ring (bicyclic) bond motifs is 3. The minimum Gasteiger partial charge on any atom is -0.497 e. The Hall–Kier alpha value is -2.04. The molecular weight excluding hydrogens is 316 g/mol. The number of benzene rings is 1. The van der Waals surface area contributed by atoms with Gasteiger partial charge in [0.15, 0.2) is 0 Å². The van der Waals surface area contributed by atoms with Crippen LogP contribution in [0.5, 0.6) is 5.75 Å². The molecule has 2 amide bonds. The van der Waals surface area contributed by atoms with Crippen molar-refractivity contribution in [3.63, 3.8) is 0 Å². The van der Waals surface area contributed by atoms with E-state index in [2.05, 4.69) is 29.7 Å². The molecular formula is C20H28N2O3. The highest BCUT2D eigenvalue weighted by molar-refractivity contribution is 5.82. The molecule has 0 radical (unpaired) electrons. The van der Waals surface area contributed by atoms with Gasteiger partial charge in [0.2, 0.25) is 11.8 Å². The van der Waals surface area contributed by atoms with E-state index in [1.54, 1.807) is 14.2 Å². The fraction of sp³-hybridized carbons (Fsp3) is 0.600. The fourth-order valence-corrected chi connectivity index (χ4v) is 4.72. The van der Waals surface area contributed by atoms with Gasteiger partial charge in [0.1, 0.15) is 5.75 Å². The normalized spacial score (nSPS) is 29.2. The number of carbonyl (C=O) groups excluding carboxylic acids is 2. The number of rotatable bonds is 2. The smallest absolute Gasteiger partial charge is 0.223 e. The van der Waals surface area contributed by atoms with Gasteiger partial charge in [-0.25, -0.2) is 0 Å². The second-order valence-electron chi connectivity index (χ2n) is 7.35. The van der Waals surface area contributed by atoms with Gasteiger partial charge in [-0.05, 0) is 60.3 Å². The van der Waals surface area contributed by atoms with Crippen LogP contribution in [0.1, 0.15) is 43.2 Å². The van der Waals surface area contributed by atoms with Gasteiger partial charge in [0, 0.05) is 25.9 Å². The summed E-state index contributed by atoms with van der Waals surface area (Å²) in [4.78, 5) is 24.8. The Bertz CT molecular complexity index is 658. The summed E-state index contributed by atoms with van der Waals surface area (Å²) in [5.74, 6) is 1.41. The summed E-state index contributed by atoms with van der Waals surface area (Å²) in [7, 11) is 3.37. The van der Waals surface area contributed by atoms with Gasteiger partial charge in [-0.2, -0.15) is 0 Å². The van der Waals surface area contributed by atoms with E-state index in [9.17, 15) is 9.59 Å². The van der Waals surface area contributed by atoms with Crippen LogP contribution in [-0.4, -0.2) is 32.5 Å². The third-order valence-electron chi connectivity index (χ3n) is 5.88. The predicted molar refractivity (Wildman–Crippen MR) is 96.5 cm³/mol. The molecule has 1 aliphatic heterocycles. The van der Waals surface area contributed by atoms with Crippen molar-refractivity contribution in [2.45, 2.75) is 38.5 Å². The monoisotopic (exact) mass is 344 g/mol. The number of nitrogens with one attached hydrogen (secondary N) is 2. The van der Waals surface area contributed by atoms with Crippen molar-refractivity contribution < 1.29 is 14.3 Å². The highest BCUT2D eigenvalue weighted by Gasteiger charge is 2.46. The third kappa shape index (κ3) is 3.51. The van der Waals surface area contributed by atoms with E-state index in [1.807, 2.05) is 6.07 Å². The third-order valence-corrected chi connectivity index (χ3v) is 5.88. The molecule has 5 nitrogen and oxygen atoms in total. The van der Waals surface area contributed by atoms with E-state index >= 15 is 0 Å². The summed E-state index contributed by atoms with van der Waals surface area (Å²) >= 11 is 0. The molecule has 2 N–H and O–H groups in total. The first kappa shape index (κ1) is 17.8. The second kappa shape index (κ2) is 7.46. The highest BCUT2D eigenvalue weighted by atomic mass is 16.5. The summed E-state index contributed by atoms with van der Waals surface area (Å²) < 4.78 is 5.40. The minimum atomic E-state index is -0.116. The van der Waals surface area contributed by atoms with Crippen molar-refractivity contribution in [3.05, 3.63) is 29.3 Å². The number of amides is 2. The molecule has 0 bridgehead atoms. The van der Waals surface area contributed by atoms with Crippen LogP contribution in [0.15, 0.2) is 18.2 Å². The lowest BCUT2D eigenvalue weighted by molar-refractivity contribution is -0.128. The molecule has 1 heterocycles. The maximum absolute atomic E-state index is 12.5. The Morgan fingerprint density at radius 3 is 2.88 bits per heavy atom. The zero-order valence-electron chi connectivity index (χ0n) is 15.3. The lowest BCUT2D eigenvalue weighted by Gasteiger charge is -2.27. The van der Waals surface area contributed by atoms with Crippen LogP contribution in [-0.2, 0) is 16.0 Å². The average Bonchev–Trinajstić information content (AvgIpc) is 2.93. The summed E-state index contributed by atoms with van der Waals surface area (Å²) in [6, 6.07) is 6.26. The van der Waals surface area contributed by atoms with E-state index in [0.29, 0.717) is 13.0 Å². The van der Waals surface area contributed by atoms with Crippen LogP contribution in [0, 0.1) is 17.8 Å². The molecule has 4 atom stereocenters. The van der Waals surface area contributed by atoms with Gasteiger partial charge < -0.3 is 15.4 Å². The number of hydrogen-bond donors (Lipinski definition) is 2. The molecule has 1 fully saturated rings. The first-order chi connectivity index (χ1) is 12.0. The first-order valence-electron chi connectivity index (χ1n) is 9.20. The lowest BCUT2D eigenvalue weighted by Crippen LogP contribution is -2.37. The van der Waals surface area contributed by atoms with E-state index in [0.717, 1.165) is 25.0 Å². The van der Waals surface area contributed by atoms with Gasteiger partial charge in [0.05, 0.1) is 7.11 Å². The zero-order chi connectivity index (χ0) is 18.0. The summed E-state index contributed by atoms with van der Waals surface area (Å²) in [5.41, 5.74) is 2.58. The van der Waals surface area contributed by atoms with Crippen LogP contribution in [0.3, 0.4) is 0 Å². The maximum atomic E-state index is 12.5. The minimum absolute atomic E-state index is 0.0418. The van der Waals surface area contributed by atoms with Crippen molar-refractivity contribution in [2.24, 2.45) is 17.8 Å². The molecule has 0 saturated heterocycles. The molecule has 3 rings (SSSR count). The molecule has 1 aliphatic carbocycles. The van der Waals surface area contributed by atoms with Crippen molar-refractivity contribution in [3.8, 4) is 5.75 Å². The van der Waals surface area contributed by atoms with Crippen molar-refractivity contribution in [2.75, 3.05) is 20.7 Å². The van der Waals surface area contributed by atoms with Gasteiger partial charge in [-0.1, -0.05) is 13.0 Å². The fourth-order valence-electron chi connectivity index (χ4n) is 4.72.